The number of rotatable bonds is 1. The fourth-order valence-electron chi connectivity index (χ4n) is 1.59. The molecule has 0 atom stereocenters. The molecule has 0 aliphatic carbocycles. The Kier molecular flexibility index (Phi) is 22.8. The molecule has 25 heavy (non-hydrogen) atoms. The zero-order valence-electron chi connectivity index (χ0n) is 17.8. The maximum Gasteiger partial charge on any atom is 0.123 e. The summed E-state index contributed by atoms with van der Waals surface area (Å²) in [4.78, 5) is 4.20. The third-order valence-corrected chi connectivity index (χ3v) is 2.92. The molecule has 0 amide bonds. The van der Waals surface area contributed by atoms with Crippen LogP contribution >= 0.6 is 0 Å². The number of halogens is 1. The first-order chi connectivity index (χ1) is 12.0. The quantitative estimate of drug-likeness (QED) is 0.645. The Hall–Kier alpha value is -1.74. The van der Waals surface area contributed by atoms with Crippen LogP contribution in [0.4, 0.5) is 4.39 Å². The lowest BCUT2D eigenvalue weighted by molar-refractivity contribution is 0.626. The van der Waals surface area contributed by atoms with E-state index in [0.29, 0.717) is 0 Å². The van der Waals surface area contributed by atoms with Gasteiger partial charge in [-0.25, -0.2) is 4.39 Å². The van der Waals surface area contributed by atoms with Crippen molar-refractivity contribution >= 4 is 0 Å². The molecule has 144 valence electrons. The Labute approximate surface area is 155 Å². The highest BCUT2D eigenvalue weighted by atomic mass is 19.1. The second kappa shape index (κ2) is 20.3. The second-order valence-corrected chi connectivity index (χ2v) is 4.76. The summed E-state index contributed by atoms with van der Waals surface area (Å²) >= 11 is 0. The van der Waals surface area contributed by atoms with Gasteiger partial charge in [0, 0.05) is 11.9 Å². The largest absolute Gasteiger partial charge is 0.331 e. The molecule has 0 unspecified atom stereocenters. The highest BCUT2D eigenvalue weighted by molar-refractivity contribution is 5.24. The van der Waals surface area contributed by atoms with E-state index in [-0.39, 0.29) is 5.82 Å². The Morgan fingerprint density at radius 1 is 0.880 bits per heavy atom. The zero-order valence-corrected chi connectivity index (χ0v) is 17.8. The molecule has 2 rings (SSSR count). The summed E-state index contributed by atoms with van der Waals surface area (Å²) < 4.78 is 12.3. The fourth-order valence-corrected chi connectivity index (χ4v) is 1.59. The van der Waals surface area contributed by atoms with Gasteiger partial charge in [-0.3, -0.25) is 4.98 Å². The number of aryl methyl sites for hydroxylation is 4. The Morgan fingerprint density at radius 2 is 1.40 bits per heavy atom. The van der Waals surface area contributed by atoms with Gasteiger partial charge in [0.2, 0.25) is 0 Å². The molecule has 0 saturated carbocycles. The third-order valence-electron chi connectivity index (χ3n) is 2.92. The lowest BCUT2D eigenvalue weighted by Gasteiger charge is -1.97. The molecule has 0 spiro atoms. The Balaban J connectivity index is -0.000000287. The van der Waals surface area contributed by atoms with Gasteiger partial charge in [0.05, 0.1) is 0 Å². The van der Waals surface area contributed by atoms with Gasteiger partial charge in [0.15, 0.2) is 0 Å². The van der Waals surface area contributed by atoms with Crippen molar-refractivity contribution < 1.29 is 4.39 Å². The topological polar surface area (TPSA) is 38.9 Å². The van der Waals surface area contributed by atoms with Crippen LogP contribution in [0.25, 0.3) is 0 Å². The van der Waals surface area contributed by atoms with Crippen molar-refractivity contribution in [3.63, 3.8) is 0 Å². The molecule has 0 aliphatic rings. The van der Waals surface area contributed by atoms with E-state index in [4.69, 9.17) is 5.73 Å². The highest BCUT2D eigenvalue weighted by Crippen LogP contribution is 2.07. The molecule has 1 aromatic carbocycles. The van der Waals surface area contributed by atoms with Gasteiger partial charge in [-0.15, -0.1) is 0 Å². The van der Waals surface area contributed by atoms with E-state index in [0.717, 1.165) is 24.1 Å². The van der Waals surface area contributed by atoms with Crippen LogP contribution in [0.2, 0.25) is 0 Å². The van der Waals surface area contributed by atoms with Crippen LogP contribution in [0.15, 0.2) is 36.5 Å². The predicted octanol–water partition coefficient (Wildman–Crippen LogP) is 6.41. The van der Waals surface area contributed by atoms with E-state index in [9.17, 15) is 4.39 Å². The standard InChI is InChI=1S/C8H9F.C8H11N.C2H7N.2C2H6/c1-6-3-4-8(9)5-7(6)2;1-3-8-7(2)5-4-6-9-8;1-2-3;2*1-2/h3-5H,1-2H3;4-6H,3H2,1-2H3;2-3H2,1H3;2*1-2H3. The normalized spacial score (nSPS) is 8.12. The smallest absolute Gasteiger partial charge is 0.123 e. The number of aromatic nitrogens is 1. The first kappa shape index (κ1) is 28.1. The minimum atomic E-state index is -0.155. The summed E-state index contributed by atoms with van der Waals surface area (Å²) in [6.45, 7) is 18.7. The molecular weight excluding hydrogens is 311 g/mol. The van der Waals surface area contributed by atoms with E-state index >= 15 is 0 Å². The van der Waals surface area contributed by atoms with Crippen molar-refractivity contribution in [3.8, 4) is 0 Å². The number of hydrogen-bond donors (Lipinski definition) is 1. The molecule has 1 aromatic heterocycles. The minimum absolute atomic E-state index is 0.155. The number of hydrogen-bond acceptors (Lipinski definition) is 2. The second-order valence-electron chi connectivity index (χ2n) is 4.76. The van der Waals surface area contributed by atoms with Gasteiger partial charge in [0.25, 0.3) is 0 Å². The maximum atomic E-state index is 12.3. The first-order valence-electron chi connectivity index (χ1n) is 9.29. The van der Waals surface area contributed by atoms with Gasteiger partial charge in [0.1, 0.15) is 5.82 Å². The van der Waals surface area contributed by atoms with Crippen molar-refractivity contribution in [2.45, 2.75) is 68.7 Å². The van der Waals surface area contributed by atoms with Gasteiger partial charge < -0.3 is 5.73 Å². The Morgan fingerprint density at radius 3 is 1.72 bits per heavy atom. The average Bonchev–Trinajstić information content (AvgIpc) is 2.64. The van der Waals surface area contributed by atoms with E-state index in [1.807, 2.05) is 60.7 Å². The van der Waals surface area contributed by atoms with E-state index in [2.05, 4.69) is 24.9 Å². The molecule has 0 radical (unpaired) electrons. The number of nitrogens with zero attached hydrogens (tertiary/aromatic N) is 1. The fraction of sp³-hybridized carbons (Fsp3) is 0.500. The lowest BCUT2D eigenvalue weighted by atomic mass is 10.1. The third kappa shape index (κ3) is 15.5. The van der Waals surface area contributed by atoms with Crippen LogP contribution in [-0.4, -0.2) is 11.5 Å². The first-order valence-corrected chi connectivity index (χ1v) is 9.29. The number of benzene rings is 1. The molecule has 0 bridgehead atoms. The average molecular weight is 351 g/mol. The van der Waals surface area contributed by atoms with E-state index in [1.165, 1.54) is 23.4 Å². The monoisotopic (exact) mass is 350 g/mol. The summed E-state index contributed by atoms with van der Waals surface area (Å²) in [6, 6.07) is 8.85. The summed E-state index contributed by atoms with van der Waals surface area (Å²) in [5.74, 6) is -0.155. The molecule has 0 fully saturated rings. The summed E-state index contributed by atoms with van der Waals surface area (Å²) in [5, 5.41) is 0. The number of nitrogens with two attached hydrogens (primary N) is 1. The van der Waals surface area contributed by atoms with Crippen LogP contribution in [0.1, 0.15) is 63.9 Å². The van der Waals surface area contributed by atoms with Crippen molar-refractivity contribution in [2.75, 3.05) is 6.54 Å². The molecule has 0 aliphatic heterocycles. The summed E-state index contributed by atoms with van der Waals surface area (Å²) in [5.41, 5.74) is 9.49. The summed E-state index contributed by atoms with van der Waals surface area (Å²) in [7, 11) is 0. The van der Waals surface area contributed by atoms with Gasteiger partial charge in [-0.05, 0) is 68.6 Å². The molecule has 1 heterocycles. The van der Waals surface area contributed by atoms with Crippen LogP contribution in [-0.2, 0) is 6.42 Å². The molecule has 2 aromatic rings. The van der Waals surface area contributed by atoms with Crippen LogP contribution in [0.3, 0.4) is 0 Å². The highest BCUT2D eigenvalue weighted by Gasteiger charge is 1.92. The van der Waals surface area contributed by atoms with Gasteiger partial charge in [-0.2, -0.15) is 0 Å². The van der Waals surface area contributed by atoms with Gasteiger partial charge in [-0.1, -0.05) is 53.7 Å². The summed E-state index contributed by atoms with van der Waals surface area (Å²) in [6.07, 6.45) is 2.87. The zero-order chi connectivity index (χ0) is 20.3. The van der Waals surface area contributed by atoms with Gasteiger partial charge >= 0.3 is 0 Å². The maximum absolute atomic E-state index is 12.3. The molecule has 2 nitrogen and oxygen atoms in total. The molecule has 3 heteroatoms. The van der Waals surface area contributed by atoms with E-state index < -0.39 is 0 Å². The van der Waals surface area contributed by atoms with Crippen molar-refractivity contribution in [3.05, 3.63) is 64.7 Å². The molecule has 2 N–H and O–H groups in total. The van der Waals surface area contributed by atoms with Crippen molar-refractivity contribution in [1.29, 1.82) is 0 Å². The van der Waals surface area contributed by atoms with Crippen molar-refractivity contribution in [1.82, 2.24) is 4.98 Å². The van der Waals surface area contributed by atoms with Crippen molar-refractivity contribution in [2.24, 2.45) is 5.73 Å². The SMILES string of the molecule is CC.CC.CCN.CCc1ncccc1C.Cc1ccc(F)cc1C. The lowest BCUT2D eigenvalue weighted by Crippen LogP contribution is -1.88. The van der Waals surface area contributed by atoms with Crippen LogP contribution in [0, 0.1) is 26.6 Å². The van der Waals surface area contributed by atoms with E-state index in [1.54, 1.807) is 6.07 Å². The van der Waals surface area contributed by atoms with Crippen LogP contribution < -0.4 is 5.73 Å². The predicted molar refractivity (Wildman–Crippen MR) is 112 cm³/mol. The number of pyridine rings is 1. The Bertz CT molecular complexity index is 525. The molecule has 0 saturated heterocycles. The molecular formula is C22H39FN2. The minimum Gasteiger partial charge on any atom is -0.331 e. The van der Waals surface area contributed by atoms with Crippen LogP contribution in [0.5, 0.6) is 0 Å².